The molecule has 2 N–H and O–H groups in total. The highest BCUT2D eigenvalue weighted by molar-refractivity contribution is 7.71. The van der Waals surface area contributed by atoms with Crippen LogP contribution in [-0.4, -0.2) is 19.6 Å². The molecule has 0 aliphatic carbocycles. The van der Waals surface area contributed by atoms with Gasteiger partial charge in [0.1, 0.15) is 0 Å². The lowest BCUT2D eigenvalue weighted by molar-refractivity contribution is 0.436. The Labute approximate surface area is 131 Å². The minimum absolute atomic E-state index is 0.137. The molecule has 0 bridgehead atoms. The summed E-state index contributed by atoms with van der Waals surface area (Å²) in [5, 5.41) is 11.2. The Balaban J connectivity index is 2.03. The normalized spacial score (nSPS) is 11.0. The molecule has 3 aromatic rings. The van der Waals surface area contributed by atoms with Crippen molar-refractivity contribution in [1.29, 1.82) is 0 Å². The van der Waals surface area contributed by atoms with Gasteiger partial charge in [-0.2, -0.15) is 0 Å². The second-order valence-corrected chi connectivity index (χ2v) is 6.44. The second kappa shape index (κ2) is 5.46. The number of nitrogens with zero attached hydrogens (tertiary/aromatic N) is 2. The summed E-state index contributed by atoms with van der Waals surface area (Å²) in [6.45, 7) is 3.96. The van der Waals surface area contributed by atoms with Gasteiger partial charge in [0.2, 0.25) is 5.88 Å². The van der Waals surface area contributed by atoms with E-state index in [1.807, 2.05) is 44.2 Å². The van der Waals surface area contributed by atoms with Crippen LogP contribution in [0.15, 0.2) is 30.3 Å². The number of imidazole rings is 1. The van der Waals surface area contributed by atoms with E-state index >= 15 is 0 Å². The summed E-state index contributed by atoms with van der Waals surface area (Å²) in [5.74, 6) is 0.137. The van der Waals surface area contributed by atoms with E-state index in [9.17, 15) is 5.11 Å². The van der Waals surface area contributed by atoms with Crippen LogP contribution < -0.4 is 0 Å². The number of nitrogens with one attached hydrogen (secondary N) is 1. The van der Waals surface area contributed by atoms with Crippen molar-refractivity contribution in [3.8, 4) is 11.0 Å². The zero-order chi connectivity index (χ0) is 15.0. The quantitative estimate of drug-likeness (QED) is 0.720. The van der Waals surface area contributed by atoms with E-state index in [0.717, 1.165) is 16.1 Å². The molecule has 0 aliphatic heterocycles. The van der Waals surface area contributed by atoms with Crippen molar-refractivity contribution in [2.75, 3.05) is 0 Å². The van der Waals surface area contributed by atoms with E-state index in [4.69, 9.17) is 12.2 Å². The molecule has 0 amide bonds. The van der Waals surface area contributed by atoms with Gasteiger partial charge in [-0.25, -0.2) is 9.55 Å². The molecule has 0 atom stereocenters. The van der Waals surface area contributed by atoms with Gasteiger partial charge < -0.3 is 10.1 Å². The van der Waals surface area contributed by atoms with Gasteiger partial charge in [-0.1, -0.05) is 30.3 Å². The first-order valence-corrected chi connectivity index (χ1v) is 7.80. The second-order valence-electron chi connectivity index (χ2n) is 4.87. The third kappa shape index (κ3) is 2.64. The number of rotatable bonds is 3. The molecule has 3 rings (SSSR count). The van der Waals surface area contributed by atoms with Crippen LogP contribution in [0.5, 0.6) is 5.88 Å². The molecule has 2 heterocycles. The number of aromatic nitrogens is 3. The van der Waals surface area contributed by atoms with Gasteiger partial charge in [0.15, 0.2) is 9.90 Å². The van der Waals surface area contributed by atoms with Crippen LogP contribution in [0.3, 0.4) is 0 Å². The summed E-state index contributed by atoms with van der Waals surface area (Å²) in [5.41, 5.74) is 2.78. The Morgan fingerprint density at radius 2 is 2.00 bits per heavy atom. The summed E-state index contributed by atoms with van der Waals surface area (Å²) in [6, 6.07) is 9.96. The summed E-state index contributed by atoms with van der Waals surface area (Å²) < 4.78 is 2.06. The van der Waals surface area contributed by atoms with E-state index in [1.54, 1.807) is 4.57 Å². The number of aromatic hydroxyl groups is 1. The molecule has 6 heteroatoms. The molecule has 2 aromatic heterocycles. The number of benzene rings is 1. The average Bonchev–Trinajstić information content (AvgIpc) is 2.92. The number of H-pyrrole nitrogens is 1. The van der Waals surface area contributed by atoms with Crippen molar-refractivity contribution in [3.05, 3.63) is 56.9 Å². The molecule has 4 nitrogen and oxygen atoms in total. The van der Waals surface area contributed by atoms with Crippen molar-refractivity contribution in [3.63, 3.8) is 0 Å². The Morgan fingerprint density at radius 3 is 2.62 bits per heavy atom. The smallest absolute Gasteiger partial charge is 0.220 e. The van der Waals surface area contributed by atoms with Crippen LogP contribution >= 0.6 is 23.6 Å². The highest BCUT2D eigenvalue weighted by Gasteiger charge is 2.16. The van der Waals surface area contributed by atoms with Gasteiger partial charge in [0.05, 0.1) is 11.4 Å². The zero-order valence-electron chi connectivity index (χ0n) is 11.8. The Kier molecular flexibility index (Phi) is 3.65. The molecule has 0 aliphatic rings. The first kappa shape index (κ1) is 14.0. The fourth-order valence-electron chi connectivity index (χ4n) is 2.12. The number of hydrogen-bond acceptors (Lipinski definition) is 4. The van der Waals surface area contributed by atoms with Crippen LogP contribution in [0.2, 0.25) is 0 Å². The summed E-state index contributed by atoms with van der Waals surface area (Å²) >= 11 is 6.85. The molecule has 0 saturated carbocycles. The highest BCUT2D eigenvalue weighted by Crippen LogP contribution is 2.28. The Hall–Kier alpha value is -1.92. The maximum absolute atomic E-state index is 10.5. The molecular formula is C15H15N3OS2. The van der Waals surface area contributed by atoms with Crippen molar-refractivity contribution in [2.24, 2.45) is 0 Å². The molecular weight excluding hydrogens is 302 g/mol. The minimum atomic E-state index is 0.137. The van der Waals surface area contributed by atoms with Crippen molar-refractivity contribution in [2.45, 2.75) is 20.3 Å². The third-order valence-electron chi connectivity index (χ3n) is 3.37. The van der Waals surface area contributed by atoms with Gasteiger partial charge in [-0.15, -0.1) is 11.3 Å². The van der Waals surface area contributed by atoms with Gasteiger partial charge in [0.25, 0.3) is 0 Å². The first-order chi connectivity index (χ1) is 10.1. The summed E-state index contributed by atoms with van der Waals surface area (Å²) in [6.07, 6.45) is 0.604. The number of thiazole rings is 1. The third-order valence-corrected chi connectivity index (χ3v) is 4.72. The van der Waals surface area contributed by atoms with Crippen LogP contribution in [-0.2, 0) is 6.42 Å². The SMILES string of the molecule is Cc1nc(-n2c(O)c(Cc3ccccc3)[nH]c2=S)sc1C. The van der Waals surface area contributed by atoms with Crippen LogP contribution in [0.1, 0.15) is 21.8 Å². The fraction of sp³-hybridized carbons (Fsp3) is 0.200. The predicted octanol–water partition coefficient (Wildman–Crippen LogP) is 3.90. The number of aromatic amines is 1. The highest BCUT2D eigenvalue weighted by atomic mass is 32.1. The summed E-state index contributed by atoms with van der Waals surface area (Å²) in [4.78, 5) is 8.66. The molecule has 1 aromatic carbocycles. The predicted molar refractivity (Wildman–Crippen MR) is 87.0 cm³/mol. The molecule has 0 radical (unpaired) electrons. The van der Waals surface area contributed by atoms with Gasteiger partial charge >= 0.3 is 0 Å². The zero-order valence-corrected chi connectivity index (χ0v) is 13.4. The van der Waals surface area contributed by atoms with Crippen molar-refractivity contribution in [1.82, 2.24) is 14.5 Å². The van der Waals surface area contributed by atoms with Crippen LogP contribution in [0, 0.1) is 18.6 Å². The van der Waals surface area contributed by atoms with Crippen LogP contribution in [0.4, 0.5) is 0 Å². The lowest BCUT2D eigenvalue weighted by atomic mass is 10.1. The summed E-state index contributed by atoms with van der Waals surface area (Å²) in [7, 11) is 0. The van der Waals surface area contributed by atoms with E-state index in [1.165, 1.54) is 11.3 Å². The molecule has 0 fully saturated rings. The molecule has 0 saturated heterocycles. The lowest BCUT2D eigenvalue weighted by Crippen LogP contribution is -1.93. The largest absolute Gasteiger partial charge is 0.493 e. The maximum atomic E-state index is 10.5. The maximum Gasteiger partial charge on any atom is 0.220 e. The standard InChI is InChI=1S/C15H15N3OS2/c1-9-10(2)21-15(16-9)18-13(19)12(17-14(18)20)8-11-6-4-3-5-7-11/h3-7,19H,8H2,1-2H3,(H,17,20). The monoisotopic (exact) mass is 317 g/mol. The Morgan fingerprint density at radius 1 is 1.29 bits per heavy atom. The van der Waals surface area contributed by atoms with E-state index in [0.29, 0.717) is 22.0 Å². The number of aryl methyl sites for hydroxylation is 2. The van der Waals surface area contributed by atoms with Crippen molar-refractivity contribution >= 4 is 23.6 Å². The van der Waals surface area contributed by atoms with Gasteiger partial charge in [0, 0.05) is 11.3 Å². The van der Waals surface area contributed by atoms with Crippen molar-refractivity contribution < 1.29 is 5.11 Å². The Bertz CT molecular complexity index is 811. The van der Waals surface area contributed by atoms with E-state index in [2.05, 4.69) is 9.97 Å². The fourth-order valence-corrected chi connectivity index (χ4v) is 3.40. The molecule has 0 spiro atoms. The number of hydrogen-bond donors (Lipinski definition) is 2. The van der Waals surface area contributed by atoms with Gasteiger partial charge in [-0.3, -0.25) is 0 Å². The average molecular weight is 317 g/mol. The van der Waals surface area contributed by atoms with Crippen LogP contribution in [0.25, 0.3) is 5.13 Å². The molecule has 0 unspecified atom stereocenters. The van der Waals surface area contributed by atoms with E-state index in [-0.39, 0.29) is 5.88 Å². The first-order valence-electron chi connectivity index (χ1n) is 6.57. The minimum Gasteiger partial charge on any atom is -0.493 e. The molecule has 21 heavy (non-hydrogen) atoms. The molecule has 108 valence electrons. The van der Waals surface area contributed by atoms with E-state index < -0.39 is 0 Å². The topological polar surface area (TPSA) is 53.8 Å². The lowest BCUT2D eigenvalue weighted by Gasteiger charge is -2.01. The van der Waals surface area contributed by atoms with Gasteiger partial charge in [-0.05, 0) is 31.6 Å².